The number of nitrogens with one attached hydrogen (secondary N) is 3. The highest BCUT2D eigenvalue weighted by Gasteiger charge is 2.25. The molecule has 3 aromatic rings. The minimum Gasteiger partial charge on any atom is -0.444 e. The number of aromatic nitrogens is 2. The normalized spacial score (nSPS) is 15.1. The van der Waals surface area contributed by atoms with Gasteiger partial charge in [-0.05, 0) is 70.3 Å². The molecule has 0 saturated carbocycles. The molecule has 0 atom stereocenters. The summed E-state index contributed by atoms with van der Waals surface area (Å²) in [4.78, 5) is 23.7. The van der Waals surface area contributed by atoms with Gasteiger partial charge in [0.25, 0.3) is 10.0 Å². The first kappa shape index (κ1) is 29.6. The van der Waals surface area contributed by atoms with Crippen LogP contribution in [0, 0.1) is 0 Å². The largest absolute Gasteiger partial charge is 0.444 e. The van der Waals surface area contributed by atoms with Crippen molar-refractivity contribution in [2.75, 3.05) is 51.1 Å². The molecule has 1 amide bonds. The summed E-state index contributed by atoms with van der Waals surface area (Å²) in [6.07, 6.45) is 5.36. The van der Waals surface area contributed by atoms with Gasteiger partial charge in [-0.1, -0.05) is 22.9 Å². The maximum Gasteiger partial charge on any atom is 0.410 e. The van der Waals surface area contributed by atoms with E-state index in [4.69, 9.17) is 16.3 Å². The molecule has 1 saturated heterocycles. The second kappa shape index (κ2) is 12.9. The number of anilines is 1. The predicted molar refractivity (Wildman–Crippen MR) is 156 cm³/mol. The summed E-state index contributed by atoms with van der Waals surface area (Å²) in [5, 5.41) is 5.55. The molecule has 0 unspecified atom stereocenters. The van der Waals surface area contributed by atoms with E-state index in [0.717, 1.165) is 60.3 Å². The quantitative estimate of drug-likeness (QED) is 0.278. The van der Waals surface area contributed by atoms with Crippen LogP contribution in [0.4, 0.5) is 9.93 Å². The minimum absolute atomic E-state index is 0.196. The van der Waals surface area contributed by atoms with E-state index in [1.807, 2.05) is 45.2 Å². The number of carbonyl (C=O) groups excluding carboxylic acids is 1. The first-order valence-corrected chi connectivity index (χ1v) is 15.8. The van der Waals surface area contributed by atoms with Crippen molar-refractivity contribution in [1.82, 2.24) is 24.5 Å². The maximum absolute atomic E-state index is 12.7. The van der Waals surface area contributed by atoms with Gasteiger partial charge in [0.2, 0.25) is 0 Å². The molecule has 1 aromatic carbocycles. The Morgan fingerprint density at radius 3 is 2.69 bits per heavy atom. The highest BCUT2D eigenvalue weighted by Crippen LogP contribution is 2.24. The van der Waals surface area contributed by atoms with Crippen LogP contribution >= 0.6 is 22.9 Å². The number of rotatable bonds is 11. The zero-order chi connectivity index (χ0) is 28.0. The Morgan fingerprint density at radius 2 is 1.95 bits per heavy atom. The first-order valence-electron chi connectivity index (χ1n) is 13.2. The molecule has 3 heterocycles. The second-order valence-corrected chi connectivity index (χ2v) is 14.0. The van der Waals surface area contributed by atoms with Gasteiger partial charge in [-0.15, -0.1) is 0 Å². The van der Waals surface area contributed by atoms with E-state index in [0.29, 0.717) is 42.8 Å². The lowest BCUT2D eigenvalue weighted by Crippen LogP contribution is -2.50. The monoisotopic (exact) mass is 596 g/mol. The highest BCUT2D eigenvalue weighted by molar-refractivity contribution is 7.91. The minimum atomic E-state index is -3.61. The van der Waals surface area contributed by atoms with E-state index in [1.54, 1.807) is 4.90 Å². The van der Waals surface area contributed by atoms with Gasteiger partial charge in [0.15, 0.2) is 9.34 Å². The Balaban J connectivity index is 1.14. The zero-order valence-electron chi connectivity index (χ0n) is 22.6. The second-order valence-electron chi connectivity index (χ2n) is 10.6. The summed E-state index contributed by atoms with van der Waals surface area (Å²) in [5.41, 5.74) is 1.64. The third-order valence-electron chi connectivity index (χ3n) is 6.35. The number of fused-ring (bicyclic) bond motifs is 1. The number of thiazole rings is 1. The van der Waals surface area contributed by atoms with Crippen molar-refractivity contribution >= 4 is 55.1 Å². The number of sulfonamides is 1. The van der Waals surface area contributed by atoms with Gasteiger partial charge in [0.1, 0.15) is 5.60 Å². The van der Waals surface area contributed by atoms with E-state index in [2.05, 4.69) is 24.9 Å². The fraction of sp³-hybridized carbons (Fsp3) is 0.538. The number of amides is 1. The van der Waals surface area contributed by atoms with Gasteiger partial charge in [0.05, 0.1) is 6.20 Å². The number of hydrogen-bond donors (Lipinski definition) is 3. The molecular weight excluding hydrogens is 560 g/mol. The third kappa shape index (κ3) is 8.55. The van der Waals surface area contributed by atoms with Gasteiger partial charge in [-0.3, -0.25) is 4.90 Å². The Bertz CT molecular complexity index is 1360. The molecule has 3 N–H and O–H groups in total. The van der Waals surface area contributed by atoms with E-state index in [1.165, 1.54) is 6.20 Å². The molecule has 4 rings (SSSR count). The van der Waals surface area contributed by atoms with Crippen LogP contribution in [-0.2, 0) is 21.2 Å². The fourth-order valence-corrected chi connectivity index (χ4v) is 6.70. The van der Waals surface area contributed by atoms with Crippen molar-refractivity contribution in [3.05, 3.63) is 41.2 Å². The van der Waals surface area contributed by atoms with Gasteiger partial charge in [-0.2, -0.15) is 0 Å². The van der Waals surface area contributed by atoms with Crippen LogP contribution in [-0.4, -0.2) is 85.7 Å². The molecule has 0 bridgehead atoms. The number of benzene rings is 1. The van der Waals surface area contributed by atoms with Gasteiger partial charge >= 0.3 is 6.09 Å². The van der Waals surface area contributed by atoms with Crippen LogP contribution in [0.25, 0.3) is 10.9 Å². The van der Waals surface area contributed by atoms with E-state index in [-0.39, 0.29) is 10.3 Å². The number of hydrogen-bond acceptors (Lipinski definition) is 8. The number of ether oxygens (including phenoxy) is 1. The van der Waals surface area contributed by atoms with Crippen molar-refractivity contribution in [2.45, 2.75) is 49.8 Å². The SMILES string of the molecule is CC(C)(C)OC(=O)N1CCN(CCCNc2ncc(S(=O)(=O)NCCCc3c[nH]c4ccc(Cl)cc34)s2)CC1. The molecule has 0 radical (unpaired) electrons. The lowest BCUT2D eigenvalue weighted by atomic mass is 10.1. The molecule has 13 heteroatoms. The predicted octanol–water partition coefficient (Wildman–Crippen LogP) is 4.54. The molecule has 2 aromatic heterocycles. The number of halogens is 1. The maximum atomic E-state index is 12.7. The standard InChI is InChI=1S/C26H37ClN6O4S2/c1-26(2,3)37-25(34)33-14-12-32(13-15-33)11-5-9-28-24-30-18-23(38-24)39(35,36)31-10-4-6-19-17-29-22-8-7-20(27)16-21(19)22/h7-8,16-18,29,31H,4-6,9-15H2,1-3H3,(H,28,30). The summed E-state index contributed by atoms with van der Waals surface area (Å²) < 4.78 is 33.8. The van der Waals surface area contributed by atoms with Crippen molar-refractivity contribution in [1.29, 1.82) is 0 Å². The topological polar surface area (TPSA) is 120 Å². The summed E-state index contributed by atoms with van der Waals surface area (Å²) in [6.45, 7) is 10.4. The van der Waals surface area contributed by atoms with Crippen molar-refractivity contribution in [3.63, 3.8) is 0 Å². The van der Waals surface area contributed by atoms with Crippen molar-refractivity contribution in [3.8, 4) is 0 Å². The smallest absolute Gasteiger partial charge is 0.410 e. The van der Waals surface area contributed by atoms with E-state index < -0.39 is 15.6 Å². The van der Waals surface area contributed by atoms with Crippen LogP contribution in [0.2, 0.25) is 5.02 Å². The Hall–Kier alpha value is -2.38. The lowest BCUT2D eigenvalue weighted by molar-refractivity contribution is 0.0145. The van der Waals surface area contributed by atoms with Gasteiger partial charge in [-0.25, -0.2) is 22.9 Å². The third-order valence-corrected chi connectivity index (χ3v) is 9.46. The highest BCUT2D eigenvalue weighted by atomic mass is 35.5. The first-order chi connectivity index (χ1) is 18.5. The fourth-order valence-electron chi connectivity index (χ4n) is 4.36. The number of aromatic amines is 1. The summed E-state index contributed by atoms with van der Waals surface area (Å²) >= 11 is 7.24. The summed E-state index contributed by atoms with van der Waals surface area (Å²) in [5.74, 6) is 0. The number of H-pyrrole nitrogens is 1. The Kier molecular flexibility index (Phi) is 9.76. The van der Waals surface area contributed by atoms with Crippen LogP contribution in [0.5, 0.6) is 0 Å². The molecule has 10 nitrogen and oxygen atoms in total. The number of nitrogens with zero attached hydrogens (tertiary/aromatic N) is 3. The average molecular weight is 597 g/mol. The van der Waals surface area contributed by atoms with Crippen LogP contribution in [0.3, 0.4) is 0 Å². The van der Waals surface area contributed by atoms with Gasteiger partial charge < -0.3 is 19.9 Å². The van der Waals surface area contributed by atoms with E-state index in [9.17, 15) is 13.2 Å². The van der Waals surface area contributed by atoms with Crippen LogP contribution < -0.4 is 10.0 Å². The van der Waals surface area contributed by atoms with Crippen LogP contribution in [0.1, 0.15) is 39.2 Å². The lowest BCUT2D eigenvalue weighted by Gasteiger charge is -2.35. The van der Waals surface area contributed by atoms with E-state index >= 15 is 0 Å². The number of piperazine rings is 1. The number of aryl methyl sites for hydroxylation is 1. The Morgan fingerprint density at radius 1 is 1.18 bits per heavy atom. The molecular formula is C26H37ClN6O4S2. The van der Waals surface area contributed by atoms with Crippen LogP contribution in [0.15, 0.2) is 34.8 Å². The molecule has 39 heavy (non-hydrogen) atoms. The molecule has 0 spiro atoms. The molecule has 1 fully saturated rings. The summed E-state index contributed by atoms with van der Waals surface area (Å²) in [6, 6.07) is 5.70. The average Bonchev–Trinajstić information content (AvgIpc) is 3.51. The number of carbonyl (C=O) groups is 1. The van der Waals surface area contributed by atoms with Crippen molar-refractivity contribution in [2.24, 2.45) is 0 Å². The van der Waals surface area contributed by atoms with Crippen molar-refractivity contribution < 1.29 is 17.9 Å². The molecule has 214 valence electrons. The molecule has 0 aliphatic carbocycles. The zero-order valence-corrected chi connectivity index (χ0v) is 25.0. The Labute approximate surface area is 239 Å². The molecule has 1 aliphatic rings. The molecule has 1 aliphatic heterocycles. The summed E-state index contributed by atoms with van der Waals surface area (Å²) in [7, 11) is -3.61. The van der Waals surface area contributed by atoms with Gasteiger partial charge in [0, 0.05) is 61.4 Å².